The molecule has 4 nitrogen and oxygen atoms in total. The second kappa shape index (κ2) is 65.7. The summed E-state index contributed by atoms with van der Waals surface area (Å²) in [6.45, 7) is 0. The van der Waals surface area contributed by atoms with Crippen molar-refractivity contribution < 1.29 is 69.8 Å². The second-order valence-electron chi connectivity index (χ2n) is 0. The molecule has 7 heavy (non-hydrogen) atoms. The molecule has 0 aromatic rings. The molecule has 0 aliphatic carbocycles. The first kappa shape index (κ1) is 92.6. The Kier molecular flexibility index (Phi) is 869. The van der Waals surface area contributed by atoms with Crippen LogP contribution in [0, 0.1) is 0 Å². The fourth-order valence-corrected chi connectivity index (χ4v) is 0. The molecule has 0 heterocycles. The van der Waals surface area contributed by atoms with Crippen LogP contribution in [0.2, 0.25) is 0 Å². The summed E-state index contributed by atoms with van der Waals surface area (Å²) in [6.07, 6.45) is 0. The van der Waals surface area contributed by atoms with E-state index >= 15 is 0 Å². The molecule has 0 spiro atoms. The van der Waals surface area contributed by atoms with Crippen molar-refractivity contribution in [3.63, 3.8) is 0 Å². The van der Waals surface area contributed by atoms with Crippen molar-refractivity contribution >= 4 is 45.5 Å². The zero-order valence-corrected chi connectivity index (χ0v) is 11.0. The summed E-state index contributed by atoms with van der Waals surface area (Å²) in [5.74, 6) is 0. The quantitative estimate of drug-likeness (QED) is 0.527. The van der Waals surface area contributed by atoms with E-state index in [1.807, 2.05) is 0 Å². The van der Waals surface area contributed by atoms with Crippen molar-refractivity contribution in [1.29, 1.82) is 0 Å². The zero-order valence-electron chi connectivity index (χ0n) is 3.50. The molecular weight excluding hydrogens is 291 g/mol. The van der Waals surface area contributed by atoms with Crippen LogP contribution in [0.3, 0.4) is 0 Å². The summed E-state index contributed by atoms with van der Waals surface area (Å²) in [6, 6.07) is 0. The average Bonchev–Trinajstić information content (AvgIpc) is 0. The van der Waals surface area contributed by atoms with Crippen LogP contribution in [0.5, 0.6) is 0 Å². The maximum Gasteiger partial charge on any atom is 2.00 e. The Morgan fingerprint density at radius 2 is 0.571 bits per heavy atom. The van der Waals surface area contributed by atoms with E-state index in [1.165, 1.54) is 0 Å². The minimum Gasteiger partial charge on any atom is -0.870 e. The van der Waals surface area contributed by atoms with Crippen molar-refractivity contribution in [1.82, 2.24) is 0 Å². The number of hydrogen-bond donors (Lipinski definition) is 0. The molecule has 0 saturated heterocycles. The van der Waals surface area contributed by atoms with Crippen LogP contribution in [0.4, 0.5) is 0 Å². The number of rotatable bonds is 0. The monoisotopic (exact) mass is 294 g/mol. The smallest absolute Gasteiger partial charge is 0.870 e. The molecule has 0 aromatic heterocycles. The topological polar surface area (TPSA) is 120 Å². The standard InChI is InChI=1S/4H2O.Sr.Ti.Zr/h4*1H2;;;/q;;;;+2;;+2/p-4. The van der Waals surface area contributed by atoms with Gasteiger partial charge in [-0.2, -0.15) is 0 Å². The molecule has 0 rings (SSSR count). The molecule has 4 N–H and O–H groups in total. The van der Waals surface area contributed by atoms with Crippen molar-refractivity contribution in [2.24, 2.45) is 0 Å². The largest absolute Gasteiger partial charge is 2.00 e. The summed E-state index contributed by atoms with van der Waals surface area (Å²) in [4.78, 5) is 0. The van der Waals surface area contributed by atoms with Crippen LogP contribution in [-0.4, -0.2) is 67.4 Å². The Hall–Kier alpha value is 2.92. The van der Waals surface area contributed by atoms with Crippen molar-refractivity contribution in [3.8, 4) is 0 Å². The Balaban J connectivity index is 0. The molecule has 0 radical (unpaired) electrons. The van der Waals surface area contributed by atoms with E-state index in [2.05, 4.69) is 0 Å². The van der Waals surface area contributed by atoms with E-state index in [0.29, 0.717) is 0 Å². The third-order valence-corrected chi connectivity index (χ3v) is 0. The molecule has 0 aliphatic rings. The Bertz CT molecular complexity index is 11.7. The third-order valence-electron chi connectivity index (χ3n) is 0. The van der Waals surface area contributed by atoms with Gasteiger partial charge in [-0.1, -0.05) is 0 Å². The van der Waals surface area contributed by atoms with E-state index in [9.17, 15) is 0 Å². The predicted molar refractivity (Wildman–Crippen MR) is 13.5 cm³/mol. The minimum absolute atomic E-state index is 0. The first-order chi connectivity index (χ1) is 0. The van der Waals surface area contributed by atoms with Gasteiger partial charge in [-0.25, -0.2) is 0 Å². The van der Waals surface area contributed by atoms with Gasteiger partial charge in [-0.05, 0) is 0 Å². The summed E-state index contributed by atoms with van der Waals surface area (Å²) in [5.41, 5.74) is 0. The molecule has 0 bridgehead atoms. The van der Waals surface area contributed by atoms with Gasteiger partial charge in [0.05, 0.1) is 0 Å². The van der Waals surface area contributed by atoms with E-state index < -0.39 is 0 Å². The molecule has 0 amide bonds. The normalized spacial score (nSPS) is 0. The summed E-state index contributed by atoms with van der Waals surface area (Å²) < 4.78 is 0. The summed E-state index contributed by atoms with van der Waals surface area (Å²) in [7, 11) is 0. The summed E-state index contributed by atoms with van der Waals surface area (Å²) in [5, 5.41) is 0. The van der Waals surface area contributed by atoms with Crippen LogP contribution >= 0.6 is 0 Å². The third kappa shape index (κ3) is 50.1. The SMILES string of the molecule is [OH-].[OH-].[OH-].[OH-].[Sr+2].[Ti].[Zr+2]. The number of hydrogen-bond acceptors (Lipinski definition) is 4. The van der Waals surface area contributed by atoms with Crippen molar-refractivity contribution in [3.05, 3.63) is 0 Å². The van der Waals surface area contributed by atoms with Gasteiger partial charge in [0.15, 0.2) is 0 Å². The fourth-order valence-electron chi connectivity index (χ4n) is 0. The van der Waals surface area contributed by atoms with Gasteiger partial charge < -0.3 is 21.9 Å². The Morgan fingerprint density at radius 3 is 0.571 bits per heavy atom. The maximum atomic E-state index is 0. The van der Waals surface area contributed by atoms with Gasteiger partial charge in [0.25, 0.3) is 0 Å². The van der Waals surface area contributed by atoms with Gasteiger partial charge in [0.2, 0.25) is 0 Å². The van der Waals surface area contributed by atoms with Gasteiger partial charge >= 0.3 is 71.7 Å². The Morgan fingerprint density at radius 1 is 0.571 bits per heavy atom. The van der Waals surface area contributed by atoms with Gasteiger partial charge in [0, 0.05) is 21.7 Å². The molecule has 0 unspecified atom stereocenters. The minimum atomic E-state index is 0. The average molecular weight is 295 g/mol. The first-order valence-electron chi connectivity index (χ1n) is 0. The molecule has 0 saturated carbocycles. The van der Waals surface area contributed by atoms with Crippen molar-refractivity contribution in [2.75, 3.05) is 0 Å². The van der Waals surface area contributed by atoms with Crippen molar-refractivity contribution in [2.45, 2.75) is 0 Å². The van der Waals surface area contributed by atoms with Crippen LogP contribution in [0.1, 0.15) is 0 Å². The van der Waals surface area contributed by atoms with Crippen LogP contribution in [0.15, 0.2) is 0 Å². The van der Waals surface area contributed by atoms with Crippen LogP contribution < -0.4 is 0 Å². The molecule has 7 heteroatoms. The van der Waals surface area contributed by atoms with Gasteiger partial charge in [-0.3, -0.25) is 0 Å². The summed E-state index contributed by atoms with van der Waals surface area (Å²) >= 11 is 0. The van der Waals surface area contributed by atoms with E-state index in [1.54, 1.807) is 0 Å². The van der Waals surface area contributed by atoms with Gasteiger partial charge in [0.1, 0.15) is 0 Å². The molecule has 0 atom stereocenters. The van der Waals surface area contributed by atoms with Gasteiger partial charge in [-0.15, -0.1) is 0 Å². The molecule has 38 valence electrons. The first-order valence-corrected chi connectivity index (χ1v) is 0. The van der Waals surface area contributed by atoms with Crippen LogP contribution in [-0.2, 0) is 47.9 Å². The molecule has 0 fully saturated rings. The molecular formula is H4O4SrTiZr. The fraction of sp³-hybridized carbons (Fsp3) is 0. The maximum absolute atomic E-state index is 0. The van der Waals surface area contributed by atoms with Crippen LogP contribution in [0.25, 0.3) is 0 Å². The van der Waals surface area contributed by atoms with E-state index in [0.717, 1.165) is 0 Å². The Labute approximate surface area is 113 Å². The van der Waals surface area contributed by atoms with E-state index in [-0.39, 0.29) is 115 Å². The van der Waals surface area contributed by atoms with E-state index in [4.69, 9.17) is 0 Å². The predicted octanol–water partition coefficient (Wildman–Crippen LogP) is -1.09. The zero-order chi connectivity index (χ0) is 0. The molecule has 0 aromatic carbocycles. The second-order valence-corrected chi connectivity index (χ2v) is 0. The molecule has 0 aliphatic heterocycles.